The second-order valence-corrected chi connectivity index (χ2v) is 9.34. The first-order valence-electron chi connectivity index (χ1n) is 8.76. The molecular formula is C21H17BrIN3O3S. The molecule has 0 unspecified atom stereocenters. The van der Waals surface area contributed by atoms with Crippen molar-refractivity contribution < 1.29 is 14.3 Å². The van der Waals surface area contributed by atoms with Crippen LogP contribution in [0.5, 0.6) is 11.5 Å². The van der Waals surface area contributed by atoms with E-state index in [1.807, 2.05) is 38.1 Å². The van der Waals surface area contributed by atoms with Crippen molar-refractivity contribution in [2.45, 2.75) is 13.8 Å². The van der Waals surface area contributed by atoms with Crippen LogP contribution in [-0.2, 0) is 4.79 Å². The number of nitrogens with zero attached hydrogens (tertiary/aromatic N) is 2. The lowest BCUT2D eigenvalue weighted by Gasteiger charge is -2.11. The highest BCUT2D eigenvalue weighted by Crippen LogP contribution is 2.36. The number of ether oxygens (including phenoxy) is 2. The number of nitriles is 1. The second-order valence-electron chi connectivity index (χ2n) is 6.36. The minimum atomic E-state index is -0.205. The summed E-state index contributed by atoms with van der Waals surface area (Å²) >= 11 is 6.95. The topological polar surface area (TPSA) is 83.7 Å². The van der Waals surface area contributed by atoms with Crippen molar-refractivity contribution in [1.29, 1.82) is 5.26 Å². The third kappa shape index (κ3) is 5.17. The molecule has 30 heavy (non-hydrogen) atoms. The number of carbonyl (C=O) groups is 1. The molecule has 1 fully saturated rings. The molecule has 6 nitrogen and oxygen atoms in total. The van der Waals surface area contributed by atoms with Gasteiger partial charge in [0, 0.05) is 4.47 Å². The maximum Gasteiger partial charge on any atom is 0.264 e. The van der Waals surface area contributed by atoms with Gasteiger partial charge >= 0.3 is 0 Å². The van der Waals surface area contributed by atoms with Gasteiger partial charge in [0.15, 0.2) is 23.3 Å². The minimum absolute atomic E-state index is 0.0696. The largest absolute Gasteiger partial charge is 0.493 e. The minimum Gasteiger partial charge on any atom is -0.493 e. The van der Waals surface area contributed by atoms with Crippen molar-refractivity contribution in [2.75, 3.05) is 13.7 Å². The van der Waals surface area contributed by atoms with Crippen molar-refractivity contribution >= 4 is 73.1 Å². The number of nitrogens with one attached hydrogen (secondary N) is 1. The average Bonchev–Trinajstić information content (AvgIpc) is 3.03. The number of aryl methyl sites for hydroxylation is 2. The van der Waals surface area contributed by atoms with E-state index in [9.17, 15) is 4.79 Å². The summed E-state index contributed by atoms with van der Waals surface area (Å²) in [5.41, 5.74) is 3.74. The Morgan fingerprint density at radius 2 is 2.00 bits per heavy atom. The molecule has 1 heterocycles. The van der Waals surface area contributed by atoms with E-state index in [4.69, 9.17) is 14.7 Å². The monoisotopic (exact) mass is 597 g/mol. The van der Waals surface area contributed by atoms with Gasteiger partial charge in [0.25, 0.3) is 5.91 Å². The van der Waals surface area contributed by atoms with Crippen LogP contribution in [-0.4, -0.2) is 24.8 Å². The Morgan fingerprint density at radius 3 is 2.63 bits per heavy atom. The molecule has 2 aromatic rings. The van der Waals surface area contributed by atoms with E-state index in [1.165, 1.54) is 18.9 Å². The molecule has 0 aromatic heterocycles. The van der Waals surface area contributed by atoms with Crippen molar-refractivity contribution in [1.82, 2.24) is 5.32 Å². The summed E-state index contributed by atoms with van der Waals surface area (Å²) in [4.78, 5) is 17.5. The lowest BCUT2D eigenvalue weighted by atomic mass is 10.1. The molecule has 0 atom stereocenters. The van der Waals surface area contributed by atoms with E-state index in [-0.39, 0.29) is 12.5 Å². The fraction of sp³-hybridized carbons (Fsp3) is 0.190. The third-order valence-electron chi connectivity index (χ3n) is 4.13. The standard InChI is InChI=1S/C21H17BrIN3O3S/c1-11-6-14(7-12(2)18(11)22)25-21-26-20(27)17(30-21)10-13-8-15(23)19(29-5-4-24)16(9-13)28-3/h6-10H,5H2,1-3H3,(H,25,26,27)/b17-10-. The van der Waals surface area contributed by atoms with Crippen LogP contribution in [0.25, 0.3) is 6.08 Å². The molecule has 0 radical (unpaired) electrons. The number of amides is 1. The smallest absolute Gasteiger partial charge is 0.264 e. The van der Waals surface area contributed by atoms with Gasteiger partial charge in [-0.2, -0.15) is 5.26 Å². The first-order chi connectivity index (χ1) is 14.3. The van der Waals surface area contributed by atoms with E-state index >= 15 is 0 Å². The number of aliphatic imine (C=N–C) groups is 1. The highest BCUT2D eigenvalue weighted by Gasteiger charge is 2.24. The number of hydrogen-bond acceptors (Lipinski definition) is 6. The maximum atomic E-state index is 12.4. The fourth-order valence-electron chi connectivity index (χ4n) is 2.80. The van der Waals surface area contributed by atoms with E-state index in [0.717, 1.165) is 30.4 Å². The van der Waals surface area contributed by atoms with E-state index in [2.05, 4.69) is 48.8 Å². The number of benzene rings is 2. The highest BCUT2D eigenvalue weighted by molar-refractivity contribution is 14.1. The first kappa shape index (κ1) is 22.7. The van der Waals surface area contributed by atoms with Gasteiger partial charge in [-0.1, -0.05) is 15.9 Å². The zero-order valence-electron chi connectivity index (χ0n) is 16.4. The summed E-state index contributed by atoms with van der Waals surface area (Å²) in [7, 11) is 1.53. The molecule has 9 heteroatoms. The van der Waals surface area contributed by atoms with Crippen LogP contribution in [0.1, 0.15) is 16.7 Å². The zero-order valence-corrected chi connectivity index (χ0v) is 20.9. The van der Waals surface area contributed by atoms with Crippen molar-refractivity contribution in [3.8, 4) is 17.6 Å². The normalized spacial score (nSPS) is 15.9. The lowest BCUT2D eigenvalue weighted by Crippen LogP contribution is -2.19. The number of methoxy groups -OCH3 is 1. The maximum absolute atomic E-state index is 12.4. The molecule has 1 aliphatic heterocycles. The van der Waals surface area contributed by atoms with Gasteiger partial charge in [-0.15, -0.1) is 0 Å². The Morgan fingerprint density at radius 1 is 1.30 bits per heavy atom. The Balaban J connectivity index is 1.88. The molecule has 0 bridgehead atoms. The molecule has 1 saturated heterocycles. The Kier molecular flexibility index (Phi) is 7.44. The van der Waals surface area contributed by atoms with Crippen LogP contribution >= 0.6 is 50.3 Å². The van der Waals surface area contributed by atoms with Crippen LogP contribution in [0.2, 0.25) is 0 Å². The van der Waals surface area contributed by atoms with Crippen LogP contribution in [0, 0.1) is 28.7 Å². The number of amidine groups is 1. The molecule has 2 aromatic carbocycles. The summed E-state index contributed by atoms with van der Waals surface area (Å²) in [6, 6.07) is 9.51. The summed E-state index contributed by atoms with van der Waals surface area (Å²) < 4.78 is 12.7. The van der Waals surface area contributed by atoms with Crippen LogP contribution in [0.4, 0.5) is 5.69 Å². The van der Waals surface area contributed by atoms with Crippen molar-refractivity contribution in [3.05, 3.63) is 53.9 Å². The average molecular weight is 598 g/mol. The molecule has 3 rings (SSSR count). The van der Waals surface area contributed by atoms with Crippen molar-refractivity contribution in [3.63, 3.8) is 0 Å². The number of hydrogen-bond donors (Lipinski definition) is 1. The first-order valence-corrected chi connectivity index (χ1v) is 11.4. The number of halogens is 2. The predicted octanol–water partition coefficient (Wildman–Crippen LogP) is 5.47. The molecule has 1 amide bonds. The quantitative estimate of drug-likeness (QED) is 0.365. The second kappa shape index (κ2) is 9.85. The van der Waals surface area contributed by atoms with Crippen LogP contribution in [0.3, 0.4) is 0 Å². The Hall–Kier alpha value is -2.03. The van der Waals surface area contributed by atoms with Crippen LogP contribution in [0.15, 0.2) is 38.6 Å². The molecule has 0 aliphatic carbocycles. The SMILES string of the molecule is COc1cc(/C=C2\SC(=Nc3cc(C)c(Br)c(C)c3)NC2=O)cc(I)c1OCC#N. The Bertz CT molecular complexity index is 1100. The van der Waals surface area contributed by atoms with Gasteiger partial charge in [-0.25, -0.2) is 4.99 Å². The van der Waals surface area contributed by atoms with Crippen LogP contribution < -0.4 is 14.8 Å². The molecular weight excluding hydrogens is 581 g/mol. The fourth-order valence-corrected chi connectivity index (χ4v) is 4.66. The Labute approximate surface area is 201 Å². The predicted molar refractivity (Wildman–Crippen MR) is 131 cm³/mol. The summed E-state index contributed by atoms with van der Waals surface area (Å²) in [6.45, 7) is 3.94. The molecule has 1 aliphatic rings. The molecule has 154 valence electrons. The molecule has 1 N–H and O–H groups in total. The highest BCUT2D eigenvalue weighted by atomic mass is 127. The van der Waals surface area contributed by atoms with Gasteiger partial charge in [0.05, 0.1) is 21.3 Å². The number of carbonyl (C=O) groups excluding carboxylic acids is 1. The summed E-state index contributed by atoms with van der Waals surface area (Å²) in [5, 5.41) is 12.1. The van der Waals surface area contributed by atoms with Gasteiger partial charge in [-0.3, -0.25) is 4.79 Å². The van der Waals surface area contributed by atoms with Gasteiger partial charge in [0.2, 0.25) is 0 Å². The lowest BCUT2D eigenvalue weighted by molar-refractivity contribution is -0.115. The van der Waals surface area contributed by atoms with Gasteiger partial charge in [-0.05, 0) is 95.2 Å². The van der Waals surface area contributed by atoms with Gasteiger partial charge < -0.3 is 14.8 Å². The zero-order chi connectivity index (χ0) is 21.8. The number of rotatable bonds is 5. The number of thioether (sulfide) groups is 1. The third-order valence-corrected chi connectivity index (χ3v) is 7.10. The summed E-state index contributed by atoms with van der Waals surface area (Å²) in [6.07, 6.45) is 1.78. The van der Waals surface area contributed by atoms with Crippen molar-refractivity contribution in [2.24, 2.45) is 4.99 Å². The molecule has 0 saturated carbocycles. The van der Waals surface area contributed by atoms with E-state index < -0.39 is 0 Å². The van der Waals surface area contributed by atoms with E-state index in [0.29, 0.717) is 21.6 Å². The summed E-state index contributed by atoms with van der Waals surface area (Å²) in [5.74, 6) is 0.804. The van der Waals surface area contributed by atoms with E-state index in [1.54, 1.807) is 12.1 Å². The van der Waals surface area contributed by atoms with Gasteiger partial charge in [0.1, 0.15) is 6.07 Å². The molecule has 0 spiro atoms.